The summed E-state index contributed by atoms with van der Waals surface area (Å²) < 4.78 is 39.2. The molecule has 1 aromatic heterocycles. The molecule has 5 nitrogen and oxygen atoms in total. The highest BCUT2D eigenvalue weighted by Gasteiger charge is 2.34. The Morgan fingerprint density at radius 1 is 1.28 bits per heavy atom. The summed E-state index contributed by atoms with van der Waals surface area (Å²) in [5.41, 5.74) is 0.475. The first-order chi connectivity index (χ1) is 11.8. The van der Waals surface area contributed by atoms with Crippen LogP contribution < -0.4 is 5.32 Å². The summed E-state index contributed by atoms with van der Waals surface area (Å²) in [6, 6.07) is 7.15. The number of nitriles is 1. The zero-order valence-corrected chi connectivity index (χ0v) is 13.0. The third-order valence-electron chi connectivity index (χ3n) is 3.71. The highest BCUT2D eigenvalue weighted by molar-refractivity contribution is 6.17. The van der Waals surface area contributed by atoms with E-state index in [1.54, 1.807) is 6.07 Å². The smallest absolute Gasteiger partial charge is 0.324 e. The van der Waals surface area contributed by atoms with Crippen molar-refractivity contribution in [3.8, 4) is 6.07 Å². The van der Waals surface area contributed by atoms with Gasteiger partial charge in [0.2, 0.25) is 5.91 Å². The first-order valence-electron chi connectivity index (χ1n) is 7.23. The van der Waals surface area contributed by atoms with Crippen LogP contribution in [0.2, 0.25) is 0 Å². The van der Waals surface area contributed by atoms with Crippen LogP contribution in [0, 0.1) is 18.3 Å². The third-order valence-corrected chi connectivity index (χ3v) is 3.71. The fourth-order valence-corrected chi connectivity index (χ4v) is 2.56. The largest absolute Gasteiger partial charge is 0.416 e. The number of amides is 1. The van der Waals surface area contributed by atoms with Gasteiger partial charge < -0.3 is 5.32 Å². The van der Waals surface area contributed by atoms with E-state index in [-0.39, 0.29) is 29.1 Å². The number of rotatable bonds is 1. The Kier molecular flexibility index (Phi) is 4.00. The summed E-state index contributed by atoms with van der Waals surface area (Å²) in [5, 5.41) is 11.4. The van der Waals surface area contributed by atoms with Crippen molar-refractivity contribution in [2.75, 3.05) is 5.32 Å². The maximum Gasteiger partial charge on any atom is 0.416 e. The summed E-state index contributed by atoms with van der Waals surface area (Å²) in [7, 11) is 0. The number of aryl methyl sites for hydroxylation is 1. The van der Waals surface area contributed by atoms with E-state index in [2.05, 4.69) is 15.3 Å². The Labute approximate surface area is 140 Å². The number of carbonyl (C=O) groups is 1. The second kappa shape index (κ2) is 6.02. The number of nitrogens with one attached hydrogen (secondary N) is 1. The quantitative estimate of drug-likeness (QED) is 0.856. The van der Waals surface area contributed by atoms with Crippen LogP contribution in [0.1, 0.15) is 28.8 Å². The topological polar surface area (TPSA) is 78.1 Å². The number of hydrogen-bond acceptors (Lipinski definition) is 4. The Balaban J connectivity index is 2.14. The van der Waals surface area contributed by atoms with Crippen LogP contribution in [-0.2, 0) is 11.0 Å². The van der Waals surface area contributed by atoms with E-state index in [0.29, 0.717) is 11.3 Å². The number of aliphatic imine (C=N–C) groups is 1. The fraction of sp³-hybridized carbons (Fsp3) is 0.176. The van der Waals surface area contributed by atoms with E-state index in [0.717, 1.165) is 6.07 Å². The maximum absolute atomic E-state index is 13.1. The SMILES string of the molecule is Cc1cc2c(cc1C(F)(F)F)NC(=O)CC(c1ccnc(C#N)c1)=N2. The van der Waals surface area contributed by atoms with Crippen LogP contribution in [0.3, 0.4) is 0 Å². The lowest BCUT2D eigenvalue weighted by atomic mass is 10.1. The van der Waals surface area contributed by atoms with Gasteiger partial charge in [-0.15, -0.1) is 0 Å². The molecule has 1 N–H and O–H groups in total. The highest BCUT2D eigenvalue weighted by atomic mass is 19.4. The van der Waals surface area contributed by atoms with Gasteiger partial charge in [0.1, 0.15) is 11.8 Å². The van der Waals surface area contributed by atoms with Gasteiger partial charge in [0.25, 0.3) is 0 Å². The number of nitrogens with zero attached hydrogens (tertiary/aromatic N) is 3. The lowest BCUT2D eigenvalue weighted by molar-refractivity contribution is -0.138. The predicted molar refractivity (Wildman–Crippen MR) is 84.6 cm³/mol. The summed E-state index contributed by atoms with van der Waals surface area (Å²) in [5.74, 6) is -0.482. The number of aromatic nitrogens is 1. The van der Waals surface area contributed by atoms with Gasteiger partial charge in [-0.1, -0.05) is 0 Å². The van der Waals surface area contributed by atoms with Crippen LogP contribution >= 0.6 is 0 Å². The monoisotopic (exact) mass is 344 g/mol. The Bertz CT molecular complexity index is 942. The molecule has 1 aromatic carbocycles. The van der Waals surface area contributed by atoms with Gasteiger partial charge in [-0.2, -0.15) is 18.4 Å². The summed E-state index contributed by atoms with van der Waals surface area (Å²) in [6.07, 6.45) is -3.22. The Morgan fingerprint density at radius 2 is 2.04 bits per heavy atom. The number of hydrogen-bond donors (Lipinski definition) is 1. The van der Waals surface area contributed by atoms with Crippen LogP contribution in [0.4, 0.5) is 24.5 Å². The third kappa shape index (κ3) is 3.35. The molecule has 3 rings (SSSR count). The molecule has 1 amide bonds. The normalized spacial score (nSPS) is 14.0. The first-order valence-corrected chi connectivity index (χ1v) is 7.23. The molecule has 8 heteroatoms. The second-order valence-electron chi connectivity index (χ2n) is 5.51. The van der Waals surface area contributed by atoms with Crippen molar-refractivity contribution in [1.82, 2.24) is 4.98 Å². The summed E-state index contributed by atoms with van der Waals surface area (Å²) in [6.45, 7) is 1.34. The minimum Gasteiger partial charge on any atom is -0.324 e. The molecular formula is C17H11F3N4O. The molecule has 1 aliphatic rings. The van der Waals surface area contributed by atoms with Gasteiger partial charge in [0, 0.05) is 11.8 Å². The van der Waals surface area contributed by atoms with Crippen molar-refractivity contribution < 1.29 is 18.0 Å². The zero-order chi connectivity index (χ0) is 18.2. The van der Waals surface area contributed by atoms with Gasteiger partial charge >= 0.3 is 6.18 Å². The molecule has 0 atom stereocenters. The average molecular weight is 344 g/mol. The van der Waals surface area contributed by atoms with E-state index in [9.17, 15) is 18.0 Å². The zero-order valence-electron chi connectivity index (χ0n) is 13.0. The van der Waals surface area contributed by atoms with E-state index >= 15 is 0 Å². The molecule has 0 bridgehead atoms. The maximum atomic E-state index is 13.1. The van der Waals surface area contributed by atoms with Gasteiger partial charge in [0.05, 0.1) is 29.1 Å². The Morgan fingerprint density at radius 3 is 2.72 bits per heavy atom. The number of anilines is 1. The summed E-state index contributed by atoms with van der Waals surface area (Å²) in [4.78, 5) is 20.3. The molecule has 0 spiro atoms. The predicted octanol–water partition coefficient (Wildman–Crippen LogP) is 3.74. The fourth-order valence-electron chi connectivity index (χ4n) is 2.56. The number of halogens is 3. The molecular weight excluding hydrogens is 333 g/mol. The Hall–Kier alpha value is -3.21. The molecule has 2 aromatic rings. The summed E-state index contributed by atoms with van der Waals surface area (Å²) >= 11 is 0. The minimum atomic E-state index is -4.52. The van der Waals surface area contributed by atoms with E-state index in [1.807, 2.05) is 6.07 Å². The number of benzene rings is 1. The molecule has 25 heavy (non-hydrogen) atoms. The number of pyridine rings is 1. The van der Waals surface area contributed by atoms with Gasteiger partial charge in [-0.05, 0) is 36.8 Å². The number of alkyl halides is 3. The molecule has 0 aliphatic carbocycles. The first kappa shape index (κ1) is 16.6. The molecule has 0 saturated carbocycles. The van der Waals surface area contributed by atoms with Crippen molar-refractivity contribution in [2.24, 2.45) is 4.99 Å². The molecule has 0 fully saturated rings. The second-order valence-corrected chi connectivity index (χ2v) is 5.51. The standard InChI is InChI=1S/C17H11F3N4O/c1-9-4-14-15(6-12(9)17(18,19)20)24-16(25)7-13(23-14)10-2-3-22-11(5-10)8-21/h2-6H,7H2,1H3,(H,24,25). The van der Waals surface area contributed by atoms with Crippen molar-refractivity contribution in [2.45, 2.75) is 19.5 Å². The lowest BCUT2D eigenvalue weighted by Crippen LogP contribution is -2.16. The average Bonchev–Trinajstić information content (AvgIpc) is 2.71. The van der Waals surface area contributed by atoms with Crippen molar-refractivity contribution in [1.29, 1.82) is 5.26 Å². The van der Waals surface area contributed by atoms with Crippen molar-refractivity contribution in [3.05, 3.63) is 52.8 Å². The van der Waals surface area contributed by atoms with Crippen molar-refractivity contribution in [3.63, 3.8) is 0 Å². The molecule has 1 aliphatic heterocycles. The van der Waals surface area contributed by atoms with Crippen molar-refractivity contribution >= 4 is 23.0 Å². The number of carbonyl (C=O) groups excluding carboxylic acids is 1. The molecule has 2 heterocycles. The van der Waals surface area contributed by atoms with Gasteiger partial charge in [0.15, 0.2) is 0 Å². The van der Waals surface area contributed by atoms with E-state index in [4.69, 9.17) is 5.26 Å². The van der Waals surface area contributed by atoms with Gasteiger partial charge in [-0.3, -0.25) is 9.79 Å². The van der Waals surface area contributed by atoms with E-state index < -0.39 is 17.6 Å². The van der Waals surface area contributed by atoms with Crippen LogP contribution in [0.25, 0.3) is 0 Å². The van der Waals surface area contributed by atoms with Crippen LogP contribution in [0.15, 0.2) is 35.5 Å². The van der Waals surface area contributed by atoms with E-state index in [1.165, 1.54) is 25.3 Å². The minimum absolute atomic E-state index is 0.00693. The highest BCUT2D eigenvalue weighted by Crippen LogP contribution is 2.39. The number of fused-ring (bicyclic) bond motifs is 1. The van der Waals surface area contributed by atoms with Crippen LogP contribution in [-0.4, -0.2) is 16.6 Å². The molecule has 0 saturated heterocycles. The molecule has 0 unspecified atom stereocenters. The lowest BCUT2D eigenvalue weighted by Gasteiger charge is -2.13. The van der Waals surface area contributed by atoms with Gasteiger partial charge in [-0.25, -0.2) is 4.98 Å². The van der Waals surface area contributed by atoms with Crippen LogP contribution in [0.5, 0.6) is 0 Å². The molecule has 126 valence electrons. The molecule has 0 radical (unpaired) electrons.